The van der Waals surface area contributed by atoms with Gasteiger partial charge in [-0.2, -0.15) is 13.4 Å². The zero-order valence-corrected chi connectivity index (χ0v) is 17.5. The molecule has 0 amide bonds. The van der Waals surface area contributed by atoms with Crippen LogP contribution in [-0.4, -0.2) is 31.8 Å². The maximum Gasteiger partial charge on any atom is 0.284 e. The van der Waals surface area contributed by atoms with E-state index < -0.39 is 10.0 Å². The second-order valence-corrected chi connectivity index (χ2v) is 8.89. The molecule has 0 saturated heterocycles. The standard InChI is InChI=1S/C21H24N2O3S2/c1-27-21(26-18-13-7-3-8-14-18)22-20(17-11-5-2-6-12-17)23-28(24,25)19-15-9-4-10-16-19/h2,4-6,9-12,15-16,18H,3,7-8,13-14H2,1H3. The SMILES string of the molecule is CSC(=NC(=NS(=O)(=O)c1ccccc1)c1ccccc1)OC1CCCCC1. The minimum Gasteiger partial charge on any atom is -0.469 e. The first-order valence-electron chi connectivity index (χ1n) is 9.33. The van der Waals surface area contributed by atoms with Crippen molar-refractivity contribution < 1.29 is 13.2 Å². The number of rotatable bonds is 4. The summed E-state index contributed by atoms with van der Waals surface area (Å²) in [6.07, 6.45) is 7.53. The lowest BCUT2D eigenvalue weighted by Crippen LogP contribution is -2.20. The third kappa shape index (κ3) is 5.69. The minimum atomic E-state index is -3.88. The Hall–Kier alpha value is -2.12. The Kier molecular flexibility index (Phi) is 7.28. The summed E-state index contributed by atoms with van der Waals surface area (Å²) in [4.78, 5) is 4.63. The molecule has 1 aliphatic rings. The number of benzene rings is 2. The zero-order valence-electron chi connectivity index (χ0n) is 15.8. The molecule has 0 atom stereocenters. The van der Waals surface area contributed by atoms with E-state index in [0.29, 0.717) is 10.8 Å². The molecule has 1 aliphatic carbocycles. The molecular formula is C21H24N2O3S2. The fourth-order valence-corrected chi connectivity index (χ4v) is 4.41. The van der Waals surface area contributed by atoms with Gasteiger partial charge in [0.15, 0.2) is 5.84 Å². The molecule has 0 aliphatic heterocycles. The summed E-state index contributed by atoms with van der Waals surface area (Å²) in [6, 6.07) is 17.3. The largest absolute Gasteiger partial charge is 0.469 e. The van der Waals surface area contributed by atoms with Gasteiger partial charge in [-0.05, 0) is 44.1 Å². The molecule has 0 unspecified atom stereocenters. The highest BCUT2D eigenvalue weighted by Crippen LogP contribution is 2.23. The fourth-order valence-electron chi connectivity index (χ4n) is 3.02. The molecule has 5 nitrogen and oxygen atoms in total. The molecule has 0 spiro atoms. The number of amidine groups is 1. The molecule has 0 radical (unpaired) electrons. The molecule has 1 fully saturated rings. The van der Waals surface area contributed by atoms with Crippen LogP contribution in [0.2, 0.25) is 0 Å². The van der Waals surface area contributed by atoms with Crippen molar-refractivity contribution in [1.82, 2.24) is 0 Å². The highest BCUT2D eigenvalue weighted by atomic mass is 32.2. The predicted molar refractivity (Wildman–Crippen MR) is 116 cm³/mol. The molecule has 1 saturated carbocycles. The summed E-state index contributed by atoms with van der Waals surface area (Å²) in [5.74, 6) is 0.129. The topological polar surface area (TPSA) is 68.1 Å². The summed E-state index contributed by atoms with van der Waals surface area (Å²) >= 11 is 1.36. The van der Waals surface area contributed by atoms with Crippen molar-refractivity contribution in [2.75, 3.05) is 6.26 Å². The first-order valence-corrected chi connectivity index (χ1v) is 12.0. The summed E-state index contributed by atoms with van der Waals surface area (Å²) in [5.41, 5.74) is 0.626. The smallest absolute Gasteiger partial charge is 0.284 e. The van der Waals surface area contributed by atoms with Gasteiger partial charge in [0.05, 0.1) is 4.90 Å². The van der Waals surface area contributed by atoms with E-state index in [0.717, 1.165) is 25.7 Å². The van der Waals surface area contributed by atoms with Crippen molar-refractivity contribution >= 4 is 32.9 Å². The Bertz CT molecular complexity index is 921. The van der Waals surface area contributed by atoms with Gasteiger partial charge in [-0.25, -0.2) is 0 Å². The minimum absolute atomic E-state index is 0.128. The molecule has 3 rings (SSSR count). The average molecular weight is 417 g/mol. The number of nitrogens with zero attached hydrogens (tertiary/aromatic N) is 2. The van der Waals surface area contributed by atoms with E-state index in [9.17, 15) is 8.42 Å². The van der Waals surface area contributed by atoms with E-state index in [4.69, 9.17) is 4.74 Å². The van der Waals surface area contributed by atoms with Crippen molar-refractivity contribution in [3.05, 3.63) is 66.2 Å². The van der Waals surface area contributed by atoms with E-state index >= 15 is 0 Å². The van der Waals surface area contributed by atoms with Crippen molar-refractivity contribution in [1.29, 1.82) is 0 Å². The molecule has 148 valence electrons. The van der Waals surface area contributed by atoms with Gasteiger partial charge in [-0.15, -0.1) is 4.40 Å². The van der Waals surface area contributed by atoms with Crippen LogP contribution in [0.15, 0.2) is 74.9 Å². The van der Waals surface area contributed by atoms with Crippen LogP contribution in [0.1, 0.15) is 37.7 Å². The zero-order chi connectivity index (χ0) is 19.8. The summed E-state index contributed by atoms with van der Waals surface area (Å²) in [6.45, 7) is 0. The van der Waals surface area contributed by atoms with Crippen LogP contribution in [0.25, 0.3) is 0 Å². The van der Waals surface area contributed by atoms with Crippen LogP contribution in [0.5, 0.6) is 0 Å². The second-order valence-electron chi connectivity index (χ2n) is 6.53. The van der Waals surface area contributed by atoms with Crippen LogP contribution in [0.3, 0.4) is 0 Å². The van der Waals surface area contributed by atoms with E-state index in [2.05, 4.69) is 9.39 Å². The average Bonchev–Trinajstić information content (AvgIpc) is 2.74. The molecular weight excluding hydrogens is 392 g/mol. The summed E-state index contributed by atoms with van der Waals surface area (Å²) < 4.78 is 35.6. The number of hydrogen-bond donors (Lipinski definition) is 0. The van der Waals surface area contributed by atoms with Gasteiger partial charge in [0.25, 0.3) is 15.3 Å². The van der Waals surface area contributed by atoms with Crippen molar-refractivity contribution in [2.24, 2.45) is 9.39 Å². The van der Waals surface area contributed by atoms with E-state index in [1.807, 2.05) is 24.5 Å². The summed E-state index contributed by atoms with van der Waals surface area (Å²) in [7, 11) is -3.88. The lowest BCUT2D eigenvalue weighted by molar-refractivity contribution is 0.149. The number of thioether (sulfide) groups is 1. The third-order valence-electron chi connectivity index (χ3n) is 4.47. The highest BCUT2D eigenvalue weighted by Gasteiger charge is 2.19. The molecule has 0 aromatic heterocycles. The molecule has 2 aromatic carbocycles. The Morgan fingerprint density at radius 2 is 1.57 bits per heavy atom. The van der Waals surface area contributed by atoms with Gasteiger partial charge in [-0.1, -0.05) is 66.7 Å². The number of ether oxygens (including phenoxy) is 1. The fraction of sp³-hybridized carbons (Fsp3) is 0.333. The van der Waals surface area contributed by atoms with Crippen molar-refractivity contribution in [3.63, 3.8) is 0 Å². The summed E-state index contributed by atoms with van der Waals surface area (Å²) in [5, 5.41) is 0.442. The monoisotopic (exact) mass is 416 g/mol. The van der Waals surface area contributed by atoms with Gasteiger partial charge in [0, 0.05) is 5.56 Å². The van der Waals surface area contributed by atoms with Gasteiger partial charge in [-0.3, -0.25) is 0 Å². The van der Waals surface area contributed by atoms with Crippen LogP contribution < -0.4 is 0 Å². The van der Waals surface area contributed by atoms with Crippen LogP contribution in [0, 0.1) is 0 Å². The maximum atomic E-state index is 12.8. The Morgan fingerprint density at radius 3 is 2.18 bits per heavy atom. The molecule has 0 heterocycles. The first kappa shape index (κ1) is 20.6. The number of sulfonamides is 1. The van der Waals surface area contributed by atoms with Gasteiger partial charge in [0.1, 0.15) is 6.10 Å². The van der Waals surface area contributed by atoms with Gasteiger partial charge < -0.3 is 4.74 Å². The molecule has 0 bridgehead atoms. The van der Waals surface area contributed by atoms with Gasteiger partial charge >= 0.3 is 0 Å². The van der Waals surface area contributed by atoms with Crippen molar-refractivity contribution in [2.45, 2.75) is 43.1 Å². The van der Waals surface area contributed by atoms with Crippen LogP contribution in [-0.2, 0) is 14.8 Å². The number of aliphatic imine (C=N–C) groups is 1. The molecule has 7 heteroatoms. The quantitative estimate of drug-likeness (QED) is 0.526. The Balaban J connectivity index is 1.97. The Morgan fingerprint density at radius 1 is 0.964 bits per heavy atom. The highest BCUT2D eigenvalue weighted by molar-refractivity contribution is 8.13. The lowest BCUT2D eigenvalue weighted by Gasteiger charge is -2.23. The Labute approximate surface area is 171 Å². The molecule has 2 aromatic rings. The van der Waals surface area contributed by atoms with Crippen LogP contribution in [0.4, 0.5) is 0 Å². The normalized spacial score (nSPS) is 16.8. The van der Waals surface area contributed by atoms with E-state index in [-0.39, 0.29) is 16.8 Å². The number of hydrogen-bond acceptors (Lipinski definition) is 4. The van der Waals surface area contributed by atoms with Crippen LogP contribution >= 0.6 is 11.8 Å². The van der Waals surface area contributed by atoms with E-state index in [1.54, 1.807) is 30.3 Å². The second kappa shape index (κ2) is 9.89. The van der Waals surface area contributed by atoms with Crippen molar-refractivity contribution in [3.8, 4) is 0 Å². The lowest BCUT2D eigenvalue weighted by atomic mass is 9.98. The predicted octanol–water partition coefficient (Wildman–Crippen LogP) is 4.89. The maximum absolute atomic E-state index is 12.8. The first-order chi connectivity index (χ1) is 13.6. The molecule has 28 heavy (non-hydrogen) atoms. The van der Waals surface area contributed by atoms with E-state index in [1.165, 1.54) is 30.3 Å². The third-order valence-corrected chi connectivity index (χ3v) is 6.29. The van der Waals surface area contributed by atoms with Gasteiger partial charge in [0.2, 0.25) is 0 Å². The molecule has 0 N–H and O–H groups in total.